The van der Waals surface area contributed by atoms with E-state index >= 15 is 0 Å². The number of cyclic esters (lactones) is 1. The molecule has 2 aromatic rings. The lowest BCUT2D eigenvalue weighted by Gasteiger charge is -2.16. The number of carbonyl (C=O) groups excluding carboxylic acids is 2. The zero-order valence-corrected chi connectivity index (χ0v) is 19.2. The molecule has 5 rings (SSSR count). The van der Waals surface area contributed by atoms with Gasteiger partial charge in [0.25, 0.3) is 0 Å². The molecule has 1 N–H and O–H groups in total. The average molecular weight is 459 g/mol. The summed E-state index contributed by atoms with van der Waals surface area (Å²) in [6.45, 7) is 0.414. The number of ether oxygens (including phenoxy) is 3. The van der Waals surface area contributed by atoms with Gasteiger partial charge in [-0.1, -0.05) is 36.4 Å². The number of likely N-dealkylation sites (N-methyl/N-ethyl adjacent to an activating group) is 1. The fourth-order valence-corrected chi connectivity index (χ4v) is 4.35. The van der Waals surface area contributed by atoms with Gasteiger partial charge in [0.15, 0.2) is 11.5 Å². The largest absolute Gasteiger partial charge is 0.493 e. The maximum atomic E-state index is 11.6. The van der Waals surface area contributed by atoms with Gasteiger partial charge in [0.2, 0.25) is 5.91 Å². The Morgan fingerprint density at radius 2 is 1.97 bits per heavy atom. The molecule has 1 aliphatic carbocycles. The van der Waals surface area contributed by atoms with Crippen molar-refractivity contribution in [2.75, 3.05) is 20.8 Å². The molecule has 34 heavy (non-hydrogen) atoms. The number of fused-ring (bicyclic) bond motifs is 1. The Morgan fingerprint density at radius 1 is 1.15 bits per heavy atom. The number of hydrogen-bond donors (Lipinski definition) is 1. The number of allylic oxidation sites excluding steroid dienone is 4. The quantitative estimate of drug-likeness (QED) is 0.685. The molecule has 0 spiro atoms. The van der Waals surface area contributed by atoms with Crippen molar-refractivity contribution < 1.29 is 23.8 Å². The van der Waals surface area contributed by atoms with Crippen LogP contribution < -0.4 is 14.8 Å². The Hall–Kier alpha value is -4.00. The van der Waals surface area contributed by atoms with Crippen molar-refractivity contribution in [3.8, 4) is 17.2 Å². The van der Waals surface area contributed by atoms with Gasteiger partial charge in [-0.05, 0) is 59.4 Å². The lowest BCUT2D eigenvalue weighted by Crippen LogP contribution is -2.30. The highest BCUT2D eigenvalue weighted by atomic mass is 16.6. The summed E-state index contributed by atoms with van der Waals surface area (Å²) in [6.07, 6.45) is 7.88. The van der Waals surface area contributed by atoms with Crippen LogP contribution in [0.5, 0.6) is 17.2 Å². The zero-order chi connectivity index (χ0) is 23.7. The maximum absolute atomic E-state index is 11.6. The van der Waals surface area contributed by atoms with Crippen molar-refractivity contribution >= 4 is 18.1 Å². The van der Waals surface area contributed by atoms with Crippen molar-refractivity contribution in [1.82, 2.24) is 10.2 Å². The van der Waals surface area contributed by atoms with Gasteiger partial charge in [-0.2, -0.15) is 0 Å². The van der Waals surface area contributed by atoms with Crippen molar-refractivity contribution in [1.29, 1.82) is 0 Å². The van der Waals surface area contributed by atoms with Crippen LogP contribution >= 0.6 is 0 Å². The summed E-state index contributed by atoms with van der Waals surface area (Å²) >= 11 is 0. The van der Waals surface area contributed by atoms with Crippen molar-refractivity contribution in [3.05, 3.63) is 82.6 Å². The number of nitrogens with one attached hydrogen (secondary N) is 1. The van der Waals surface area contributed by atoms with E-state index < -0.39 is 0 Å². The van der Waals surface area contributed by atoms with E-state index in [9.17, 15) is 9.59 Å². The van der Waals surface area contributed by atoms with E-state index in [1.165, 1.54) is 0 Å². The molecule has 7 nitrogen and oxygen atoms in total. The number of rotatable bonds is 6. The monoisotopic (exact) mass is 458 g/mol. The van der Waals surface area contributed by atoms with Gasteiger partial charge < -0.3 is 24.4 Å². The maximum Gasteiger partial charge on any atom is 0.409 e. The Kier molecular flexibility index (Phi) is 5.84. The Labute approximate surface area is 198 Å². The van der Waals surface area contributed by atoms with Crippen molar-refractivity contribution in [2.24, 2.45) is 0 Å². The Morgan fingerprint density at radius 3 is 2.71 bits per heavy atom. The lowest BCUT2D eigenvalue weighted by molar-refractivity contribution is -0.118. The standard InChI is InChI=1S/C27H26N2O5/c1-29-21(16-33-27(29)31)13-17-3-7-22(8-4-17)34-24-10-6-19(14-25(24)32-2)11-18-5-9-23-20(12-18)15-26(30)28-23/h3-4,6-12,14,21H,5,13,15-16H2,1-2H3,(H,28,30). The van der Waals surface area contributed by atoms with Gasteiger partial charge in [0.05, 0.1) is 19.6 Å². The fraction of sp³-hybridized carbons (Fsp3) is 0.259. The first kappa shape index (κ1) is 21.8. The summed E-state index contributed by atoms with van der Waals surface area (Å²) in [6, 6.07) is 13.7. The summed E-state index contributed by atoms with van der Waals surface area (Å²) in [7, 11) is 3.38. The SMILES string of the molecule is COc1cc(C=C2C=C3CC(=O)NC3=CC2)ccc1Oc1ccc(CC2COC(=O)N2C)cc1. The molecule has 2 heterocycles. The average Bonchev–Trinajstić information content (AvgIpc) is 3.36. The number of carbonyl (C=O) groups is 2. The van der Waals surface area contributed by atoms with E-state index in [4.69, 9.17) is 14.2 Å². The predicted molar refractivity (Wildman–Crippen MR) is 128 cm³/mol. The molecule has 0 saturated carbocycles. The molecule has 0 bridgehead atoms. The first-order valence-electron chi connectivity index (χ1n) is 11.2. The van der Waals surface area contributed by atoms with Gasteiger partial charge in [0.1, 0.15) is 12.4 Å². The summed E-state index contributed by atoms with van der Waals surface area (Å²) in [4.78, 5) is 24.8. The summed E-state index contributed by atoms with van der Waals surface area (Å²) in [5.74, 6) is 2.01. The van der Waals surface area contributed by atoms with Crippen LogP contribution in [0, 0.1) is 0 Å². The minimum Gasteiger partial charge on any atom is -0.493 e. The molecule has 1 atom stereocenters. The molecule has 3 aliphatic rings. The minimum atomic E-state index is -0.275. The first-order valence-corrected chi connectivity index (χ1v) is 11.2. The minimum absolute atomic E-state index is 0.0462. The third kappa shape index (κ3) is 4.55. The molecule has 2 aliphatic heterocycles. The number of methoxy groups -OCH3 is 1. The highest BCUT2D eigenvalue weighted by molar-refractivity contribution is 5.87. The zero-order valence-electron chi connectivity index (χ0n) is 19.2. The second-order valence-electron chi connectivity index (χ2n) is 8.64. The number of amides is 2. The molecule has 0 aromatic heterocycles. The number of hydrogen-bond acceptors (Lipinski definition) is 5. The van der Waals surface area contributed by atoms with Crippen LogP contribution in [0.4, 0.5) is 4.79 Å². The van der Waals surface area contributed by atoms with Gasteiger partial charge in [0, 0.05) is 12.7 Å². The van der Waals surface area contributed by atoms with E-state index in [1.807, 2.05) is 42.5 Å². The molecule has 2 aromatic carbocycles. The third-order valence-electron chi connectivity index (χ3n) is 6.27. The second kappa shape index (κ2) is 9.09. The summed E-state index contributed by atoms with van der Waals surface area (Å²) in [5, 5.41) is 2.88. The highest BCUT2D eigenvalue weighted by Crippen LogP contribution is 2.34. The van der Waals surface area contributed by atoms with Gasteiger partial charge >= 0.3 is 6.09 Å². The molecular weight excluding hydrogens is 432 g/mol. The smallest absolute Gasteiger partial charge is 0.409 e. The van der Waals surface area contributed by atoms with Crippen LogP contribution in [0.2, 0.25) is 0 Å². The Balaban J connectivity index is 1.27. The molecule has 174 valence electrons. The molecular formula is C27H26N2O5. The van der Waals surface area contributed by atoms with Crippen LogP contribution in [0.15, 0.2) is 71.5 Å². The van der Waals surface area contributed by atoms with E-state index in [0.29, 0.717) is 30.3 Å². The third-order valence-corrected chi connectivity index (χ3v) is 6.27. The number of benzene rings is 2. The van der Waals surface area contributed by atoms with Crippen LogP contribution in [-0.4, -0.2) is 43.7 Å². The topological polar surface area (TPSA) is 77.1 Å². The molecule has 2 saturated heterocycles. The lowest BCUT2D eigenvalue weighted by atomic mass is 9.97. The van der Waals surface area contributed by atoms with Crippen LogP contribution in [-0.2, 0) is 16.0 Å². The van der Waals surface area contributed by atoms with Crippen molar-refractivity contribution in [2.45, 2.75) is 25.3 Å². The summed E-state index contributed by atoms with van der Waals surface area (Å²) < 4.78 is 16.7. The van der Waals surface area contributed by atoms with Crippen LogP contribution in [0.3, 0.4) is 0 Å². The van der Waals surface area contributed by atoms with Crippen LogP contribution in [0.25, 0.3) is 6.08 Å². The van der Waals surface area contributed by atoms with E-state index in [-0.39, 0.29) is 18.0 Å². The molecule has 2 amide bonds. The predicted octanol–water partition coefficient (Wildman–Crippen LogP) is 4.60. The Bertz CT molecular complexity index is 1230. The molecule has 7 heteroatoms. The number of nitrogens with zero attached hydrogens (tertiary/aromatic N) is 1. The molecule has 1 unspecified atom stereocenters. The fourth-order valence-electron chi connectivity index (χ4n) is 4.35. The van der Waals surface area contributed by atoms with E-state index in [1.54, 1.807) is 19.1 Å². The highest BCUT2D eigenvalue weighted by Gasteiger charge is 2.29. The van der Waals surface area contributed by atoms with E-state index in [0.717, 1.165) is 40.8 Å². The van der Waals surface area contributed by atoms with Gasteiger partial charge in [-0.15, -0.1) is 0 Å². The second-order valence-corrected chi connectivity index (χ2v) is 8.64. The van der Waals surface area contributed by atoms with E-state index in [2.05, 4.69) is 23.5 Å². The van der Waals surface area contributed by atoms with Gasteiger partial charge in [-0.3, -0.25) is 4.79 Å². The van der Waals surface area contributed by atoms with Gasteiger partial charge in [-0.25, -0.2) is 4.79 Å². The summed E-state index contributed by atoms with van der Waals surface area (Å²) in [5.41, 5.74) is 5.22. The molecule has 0 radical (unpaired) electrons. The molecule has 2 fully saturated rings. The normalized spacial score (nSPS) is 20.5. The first-order chi connectivity index (χ1) is 16.5. The van der Waals surface area contributed by atoms with Crippen LogP contribution in [0.1, 0.15) is 24.0 Å². The van der Waals surface area contributed by atoms with Crippen molar-refractivity contribution in [3.63, 3.8) is 0 Å².